The van der Waals surface area contributed by atoms with Gasteiger partial charge in [-0.25, -0.2) is 4.79 Å². The zero-order chi connectivity index (χ0) is 15.3. The maximum atomic E-state index is 12.5. The summed E-state index contributed by atoms with van der Waals surface area (Å²) >= 11 is 0. The van der Waals surface area contributed by atoms with Gasteiger partial charge >= 0.3 is 12.0 Å². The first kappa shape index (κ1) is 16.5. The first-order chi connectivity index (χ1) is 9.25. The summed E-state index contributed by atoms with van der Waals surface area (Å²) in [5.74, 6) is -0.999. The van der Waals surface area contributed by atoms with Gasteiger partial charge in [-0.2, -0.15) is 0 Å². The van der Waals surface area contributed by atoms with Gasteiger partial charge < -0.3 is 19.6 Å². The standard InChI is InChI=1S/C14H24N2O4/c1-14(2,3)16(9-12(17)18)13(19)15-7-5-11(6-8-15)10-20-4/h5H,6-10H2,1-4H3,(H,17,18). The fourth-order valence-corrected chi connectivity index (χ4v) is 2.10. The summed E-state index contributed by atoms with van der Waals surface area (Å²) < 4.78 is 5.07. The number of nitrogens with zero attached hydrogens (tertiary/aromatic N) is 2. The minimum Gasteiger partial charge on any atom is -0.480 e. The van der Waals surface area contributed by atoms with Crippen molar-refractivity contribution in [3.05, 3.63) is 11.6 Å². The third-order valence-electron chi connectivity index (χ3n) is 3.24. The molecule has 1 aliphatic heterocycles. The third kappa shape index (κ3) is 4.52. The Morgan fingerprint density at radius 2 is 2.10 bits per heavy atom. The second-order valence-electron chi connectivity index (χ2n) is 5.92. The van der Waals surface area contributed by atoms with Crippen LogP contribution in [0.1, 0.15) is 27.2 Å². The molecule has 2 amide bonds. The maximum absolute atomic E-state index is 12.5. The lowest BCUT2D eigenvalue weighted by Gasteiger charge is -2.39. The van der Waals surface area contributed by atoms with Crippen molar-refractivity contribution in [2.45, 2.75) is 32.7 Å². The smallest absolute Gasteiger partial charge is 0.323 e. The molecule has 0 aromatic heterocycles. The normalized spacial score (nSPS) is 15.8. The minimum absolute atomic E-state index is 0.229. The predicted octanol–water partition coefficient (Wildman–Crippen LogP) is 1.57. The van der Waals surface area contributed by atoms with Gasteiger partial charge in [0.2, 0.25) is 0 Å². The number of carboxylic acid groups (broad SMARTS) is 1. The second-order valence-corrected chi connectivity index (χ2v) is 5.92. The fraction of sp³-hybridized carbons (Fsp3) is 0.714. The van der Waals surface area contributed by atoms with Crippen LogP contribution in [0, 0.1) is 0 Å². The van der Waals surface area contributed by atoms with E-state index in [0.29, 0.717) is 19.7 Å². The highest BCUT2D eigenvalue weighted by Crippen LogP contribution is 2.18. The number of methoxy groups -OCH3 is 1. The lowest BCUT2D eigenvalue weighted by molar-refractivity contribution is -0.138. The van der Waals surface area contributed by atoms with Gasteiger partial charge in [-0.3, -0.25) is 4.79 Å². The van der Waals surface area contributed by atoms with E-state index in [2.05, 4.69) is 0 Å². The molecule has 6 nitrogen and oxygen atoms in total. The zero-order valence-corrected chi connectivity index (χ0v) is 12.7. The van der Waals surface area contributed by atoms with Gasteiger partial charge in [-0.15, -0.1) is 0 Å². The topological polar surface area (TPSA) is 70.1 Å². The number of urea groups is 1. The van der Waals surface area contributed by atoms with Gasteiger partial charge in [0.1, 0.15) is 6.54 Å². The summed E-state index contributed by atoms with van der Waals surface area (Å²) in [6, 6.07) is -0.229. The summed E-state index contributed by atoms with van der Waals surface area (Å²) in [6.45, 7) is 6.91. The molecule has 114 valence electrons. The summed E-state index contributed by atoms with van der Waals surface area (Å²) in [5.41, 5.74) is 0.656. The molecular weight excluding hydrogens is 260 g/mol. The van der Waals surface area contributed by atoms with Crippen molar-refractivity contribution < 1.29 is 19.4 Å². The molecule has 0 aromatic carbocycles. The van der Waals surface area contributed by atoms with E-state index in [1.54, 1.807) is 12.0 Å². The maximum Gasteiger partial charge on any atom is 0.323 e. The van der Waals surface area contributed by atoms with Crippen LogP contribution in [0.2, 0.25) is 0 Å². The summed E-state index contributed by atoms with van der Waals surface area (Å²) in [5, 5.41) is 8.97. The molecule has 0 aliphatic carbocycles. The van der Waals surface area contributed by atoms with Crippen LogP contribution in [-0.4, -0.2) is 65.8 Å². The van der Waals surface area contributed by atoms with Gasteiger partial charge in [0.05, 0.1) is 6.61 Å². The number of carbonyl (C=O) groups is 2. The van der Waals surface area contributed by atoms with Crippen molar-refractivity contribution in [3.8, 4) is 0 Å². The Morgan fingerprint density at radius 3 is 2.50 bits per heavy atom. The van der Waals surface area contributed by atoms with Crippen molar-refractivity contribution in [1.82, 2.24) is 9.80 Å². The highest BCUT2D eigenvalue weighted by molar-refractivity contribution is 5.81. The monoisotopic (exact) mass is 284 g/mol. The number of aliphatic carboxylic acids is 1. The molecule has 1 heterocycles. The number of hydrogen-bond acceptors (Lipinski definition) is 3. The van der Waals surface area contributed by atoms with Gasteiger partial charge in [0, 0.05) is 25.7 Å². The molecule has 1 rings (SSSR count). The Hall–Kier alpha value is -1.56. The van der Waals surface area contributed by atoms with E-state index in [1.165, 1.54) is 10.5 Å². The Bertz CT molecular complexity index is 398. The van der Waals surface area contributed by atoms with E-state index >= 15 is 0 Å². The van der Waals surface area contributed by atoms with Crippen LogP contribution in [0.5, 0.6) is 0 Å². The van der Waals surface area contributed by atoms with E-state index < -0.39 is 11.5 Å². The number of carbonyl (C=O) groups excluding carboxylic acids is 1. The molecule has 0 bridgehead atoms. The van der Waals surface area contributed by atoms with Crippen molar-refractivity contribution in [2.75, 3.05) is 33.4 Å². The molecule has 6 heteroatoms. The van der Waals surface area contributed by atoms with E-state index in [4.69, 9.17) is 9.84 Å². The number of amides is 2. The molecule has 0 radical (unpaired) electrons. The van der Waals surface area contributed by atoms with Crippen molar-refractivity contribution >= 4 is 12.0 Å². The van der Waals surface area contributed by atoms with Crippen molar-refractivity contribution in [3.63, 3.8) is 0 Å². The second kappa shape index (κ2) is 6.74. The summed E-state index contributed by atoms with van der Waals surface area (Å²) in [7, 11) is 1.65. The Kier molecular flexibility index (Phi) is 5.56. The zero-order valence-electron chi connectivity index (χ0n) is 12.7. The molecule has 1 aliphatic rings. The van der Waals surface area contributed by atoms with Gasteiger partial charge in [0.15, 0.2) is 0 Å². The lowest BCUT2D eigenvalue weighted by Crippen LogP contribution is -2.54. The lowest BCUT2D eigenvalue weighted by atomic mass is 10.1. The fourth-order valence-electron chi connectivity index (χ4n) is 2.10. The average molecular weight is 284 g/mol. The van der Waals surface area contributed by atoms with Crippen LogP contribution >= 0.6 is 0 Å². The number of rotatable bonds is 4. The number of ether oxygens (including phenoxy) is 1. The highest BCUT2D eigenvalue weighted by atomic mass is 16.5. The van der Waals surface area contributed by atoms with Crippen LogP contribution in [0.15, 0.2) is 11.6 Å². The molecule has 0 atom stereocenters. The van der Waals surface area contributed by atoms with Crippen molar-refractivity contribution in [1.29, 1.82) is 0 Å². The summed E-state index contributed by atoms with van der Waals surface area (Å²) in [4.78, 5) is 26.5. The highest BCUT2D eigenvalue weighted by Gasteiger charge is 2.32. The molecule has 1 N–H and O–H groups in total. The largest absolute Gasteiger partial charge is 0.480 e. The van der Waals surface area contributed by atoms with Crippen LogP contribution in [0.3, 0.4) is 0 Å². The van der Waals surface area contributed by atoms with E-state index in [0.717, 1.165) is 6.42 Å². The Labute approximate surface area is 120 Å². The average Bonchev–Trinajstić information content (AvgIpc) is 2.35. The minimum atomic E-state index is -0.999. The SMILES string of the molecule is COCC1=CCN(C(=O)N(CC(=O)O)C(C)(C)C)CC1. The van der Waals surface area contributed by atoms with Crippen molar-refractivity contribution in [2.24, 2.45) is 0 Å². The molecule has 20 heavy (non-hydrogen) atoms. The quantitative estimate of drug-likeness (QED) is 0.796. The van der Waals surface area contributed by atoms with Crippen LogP contribution in [0.4, 0.5) is 4.79 Å². The van der Waals surface area contributed by atoms with E-state index in [1.807, 2.05) is 26.8 Å². The Balaban J connectivity index is 2.74. The number of hydrogen-bond donors (Lipinski definition) is 1. The first-order valence-corrected chi connectivity index (χ1v) is 6.71. The van der Waals surface area contributed by atoms with Crippen LogP contribution in [-0.2, 0) is 9.53 Å². The predicted molar refractivity (Wildman–Crippen MR) is 75.6 cm³/mol. The van der Waals surface area contributed by atoms with Crippen LogP contribution in [0.25, 0.3) is 0 Å². The summed E-state index contributed by atoms with van der Waals surface area (Å²) in [6.07, 6.45) is 2.75. The first-order valence-electron chi connectivity index (χ1n) is 6.71. The molecule has 0 spiro atoms. The van der Waals surface area contributed by atoms with E-state index in [9.17, 15) is 9.59 Å². The van der Waals surface area contributed by atoms with Crippen LogP contribution < -0.4 is 0 Å². The molecule has 0 saturated carbocycles. The molecule has 0 fully saturated rings. The molecule has 0 unspecified atom stereocenters. The van der Waals surface area contributed by atoms with Gasteiger partial charge in [-0.1, -0.05) is 6.08 Å². The molecular formula is C14H24N2O4. The Morgan fingerprint density at radius 1 is 1.45 bits per heavy atom. The number of carboxylic acids is 1. The molecule has 0 aromatic rings. The molecule has 0 saturated heterocycles. The van der Waals surface area contributed by atoms with Gasteiger partial charge in [0.25, 0.3) is 0 Å². The third-order valence-corrected chi connectivity index (χ3v) is 3.24. The van der Waals surface area contributed by atoms with Gasteiger partial charge in [-0.05, 0) is 32.8 Å². The van der Waals surface area contributed by atoms with E-state index in [-0.39, 0.29) is 12.6 Å².